The Balaban J connectivity index is 0.000000980. The fourth-order valence-corrected chi connectivity index (χ4v) is 1.54. The van der Waals surface area contributed by atoms with E-state index in [1.54, 1.807) is 0 Å². The van der Waals surface area contributed by atoms with Crippen LogP contribution in [0.1, 0.15) is 24.9 Å². The lowest BCUT2D eigenvalue weighted by molar-refractivity contribution is 0.339. The summed E-state index contributed by atoms with van der Waals surface area (Å²) in [5.41, 5.74) is 1.37. The zero-order chi connectivity index (χ0) is 9.10. The molecule has 1 aliphatic rings. The third kappa shape index (κ3) is 2.40. The summed E-state index contributed by atoms with van der Waals surface area (Å²) in [6.07, 6.45) is 1.26. The van der Waals surface area contributed by atoms with Crippen LogP contribution in [0.2, 0.25) is 0 Å². The lowest BCUT2D eigenvalue weighted by Crippen LogP contribution is -2.34. The minimum atomic E-state index is 0. The van der Waals surface area contributed by atoms with E-state index >= 15 is 0 Å². The van der Waals surface area contributed by atoms with Crippen LogP contribution in [0.25, 0.3) is 0 Å². The fourth-order valence-electron chi connectivity index (χ4n) is 1.54. The molecule has 3 heteroatoms. The first-order valence-corrected chi connectivity index (χ1v) is 4.86. The highest BCUT2D eigenvalue weighted by molar-refractivity contribution is 5.85. The standard InChI is InChI=1S/C11H15NO.ClH/c1-2-13-10-5-3-9(4-6-10)11-7-8-12-11;/h3-6,11-12H,2,7-8H2,1H3;1H/t11-;/m1./s1. The number of hydrogen-bond acceptors (Lipinski definition) is 2. The number of benzene rings is 1. The Bertz CT molecular complexity index is 269. The fraction of sp³-hybridized carbons (Fsp3) is 0.455. The predicted molar refractivity (Wildman–Crippen MR) is 60.2 cm³/mol. The van der Waals surface area contributed by atoms with Crippen LogP contribution < -0.4 is 10.1 Å². The van der Waals surface area contributed by atoms with E-state index in [1.165, 1.54) is 12.0 Å². The average Bonchev–Trinajstić information content (AvgIpc) is 2.06. The summed E-state index contributed by atoms with van der Waals surface area (Å²) < 4.78 is 5.37. The molecule has 0 amide bonds. The van der Waals surface area contributed by atoms with E-state index in [4.69, 9.17) is 4.74 Å². The molecule has 1 fully saturated rings. The molecule has 14 heavy (non-hydrogen) atoms. The molecule has 1 N–H and O–H groups in total. The Kier molecular flexibility index (Phi) is 4.23. The lowest BCUT2D eigenvalue weighted by atomic mass is 9.98. The van der Waals surface area contributed by atoms with Crippen molar-refractivity contribution >= 4 is 12.4 Å². The van der Waals surface area contributed by atoms with Gasteiger partial charge in [0, 0.05) is 6.04 Å². The first kappa shape index (κ1) is 11.3. The van der Waals surface area contributed by atoms with Gasteiger partial charge in [-0.15, -0.1) is 12.4 Å². The van der Waals surface area contributed by atoms with Gasteiger partial charge in [-0.25, -0.2) is 0 Å². The van der Waals surface area contributed by atoms with E-state index in [2.05, 4.69) is 17.4 Å². The van der Waals surface area contributed by atoms with Gasteiger partial charge in [-0.1, -0.05) is 12.1 Å². The van der Waals surface area contributed by atoms with Crippen molar-refractivity contribution in [2.75, 3.05) is 13.2 Å². The quantitative estimate of drug-likeness (QED) is 0.834. The van der Waals surface area contributed by atoms with Gasteiger partial charge in [0.2, 0.25) is 0 Å². The van der Waals surface area contributed by atoms with Gasteiger partial charge in [-0.05, 0) is 37.6 Å². The Morgan fingerprint density at radius 1 is 1.36 bits per heavy atom. The van der Waals surface area contributed by atoms with Crippen LogP contribution in [0.3, 0.4) is 0 Å². The second-order valence-electron chi connectivity index (χ2n) is 3.30. The van der Waals surface area contributed by atoms with Gasteiger partial charge in [0.1, 0.15) is 5.75 Å². The highest BCUT2D eigenvalue weighted by atomic mass is 35.5. The monoisotopic (exact) mass is 213 g/mol. The Hall–Kier alpha value is -0.730. The van der Waals surface area contributed by atoms with Crippen molar-refractivity contribution in [1.29, 1.82) is 0 Å². The summed E-state index contributed by atoms with van der Waals surface area (Å²) in [6, 6.07) is 8.94. The molecule has 0 radical (unpaired) electrons. The third-order valence-electron chi connectivity index (χ3n) is 2.42. The normalized spacial score (nSPS) is 19.4. The van der Waals surface area contributed by atoms with Crippen molar-refractivity contribution in [2.45, 2.75) is 19.4 Å². The van der Waals surface area contributed by atoms with Gasteiger partial charge in [-0.2, -0.15) is 0 Å². The van der Waals surface area contributed by atoms with Crippen molar-refractivity contribution in [2.24, 2.45) is 0 Å². The van der Waals surface area contributed by atoms with E-state index in [9.17, 15) is 0 Å². The predicted octanol–water partition coefficient (Wildman–Crippen LogP) is 2.54. The Morgan fingerprint density at radius 2 is 2.00 bits per heavy atom. The summed E-state index contributed by atoms with van der Waals surface area (Å²) in [6.45, 7) is 3.89. The number of nitrogens with one attached hydrogen (secondary N) is 1. The molecule has 1 aliphatic heterocycles. The zero-order valence-electron chi connectivity index (χ0n) is 8.32. The third-order valence-corrected chi connectivity index (χ3v) is 2.42. The van der Waals surface area contributed by atoms with Crippen LogP contribution in [0.5, 0.6) is 5.75 Å². The summed E-state index contributed by atoms with van der Waals surface area (Å²) >= 11 is 0. The minimum Gasteiger partial charge on any atom is -0.494 e. The molecule has 1 aromatic rings. The number of hydrogen-bond donors (Lipinski definition) is 1. The van der Waals surface area contributed by atoms with Crippen molar-refractivity contribution in [3.05, 3.63) is 29.8 Å². The molecular formula is C11H16ClNO. The largest absolute Gasteiger partial charge is 0.494 e. The second-order valence-corrected chi connectivity index (χ2v) is 3.30. The SMILES string of the molecule is CCOc1ccc([C@H]2CCN2)cc1.Cl. The summed E-state index contributed by atoms with van der Waals surface area (Å²) in [5, 5.41) is 3.37. The summed E-state index contributed by atoms with van der Waals surface area (Å²) in [5.74, 6) is 0.963. The van der Waals surface area contributed by atoms with Crippen molar-refractivity contribution in [3.8, 4) is 5.75 Å². The van der Waals surface area contributed by atoms with Gasteiger partial charge in [0.15, 0.2) is 0 Å². The highest BCUT2D eigenvalue weighted by Crippen LogP contribution is 2.24. The molecule has 78 valence electrons. The van der Waals surface area contributed by atoms with Crippen LogP contribution in [-0.4, -0.2) is 13.2 Å². The molecule has 0 aliphatic carbocycles. The van der Waals surface area contributed by atoms with E-state index in [-0.39, 0.29) is 12.4 Å². The van der Waals surface area contributed by atoms with Gasteiger partial charge in [0.05, 0.1) is 6.61 Å². The van der Waals surface area contributed by atoms with Gasteiger partial charge < -0.3 is 10.1 Å². The molecular weight excluding hydrogens is 198 g/mol. The first-order chi connectivity index (χ1) is 6.40. The average molecular weight is 214 g/mol. The molecule has 1 atom stereocenters. The molecule has 2 rings (SSSR count). The molecule has 0 spiro atoms. The smallest absolute Gasteiger partial charge is 0.119 e. The van der Waals surface area contributed by atoms with Crippen LogP contribution in [0.4, 0.5) is 0 Å². The summed E-state index contributed by atoms with van der Waals surface area (Å²) in [7, 11) is 0. The summed E-state index contributed by atoms with van der Waals surface area (Å²) in [4.78, 5) is 0. The van der Waals surface area contributed by atoms with E-state index in [0.29, 0.717) is 6.04 Å². The molecule has 2 nitrogen and oxygen atoms in total. The number of rotatable bonds is 3. The maximum absolute atomic E-state index is 5.37. The Morgan fingerprint density at radius 3 is 2.43 bits per heavy atom. The maximum atomic E-state index is 5.37. The van der Waals surface area contributed by atoms with Gasteiger partial charge in [-0.3, -0.25) is 0 Å². The highest BCUT2D eigenvalue weighted by Gasteiger charge is 2.17. The molecule has 0 saturated carbocycles. The van der Waals surface area contributed by atoms with Crippen molar-refractivity contribution in [3.63, 3.8) is 0 Å². The maximum Gasteiger partial charge on any atom is 0.119 e. The molecule has 0 bridgehead atoms. The van der Waals surface area contributed by atoms with Crippen molar-refractivity contribution in [1.82, 2.24) is 5.32 Å². The van der Waals surface area contributed by atoms with Crippen LogP contribution in [0, 0.1) is 0 Å². The van der Waals surface area contributed by atoms with Crippen molar-refractivity contribution < 1.29 is 4.74 Å². The second kappa shape index (κ2) is 5.23. The molecule has 1 saturated heterocycles. The van der Waals surface area contributed by atoms with E-state index in [1.807, 2.05) is 19.1 Å². The Labute approximate surface area is 91.1 Å². The minimum absolute atomic E-state index is 0. The number of halogens is 1. The topological polar surface area (TPSA) is 21.3 Å². The molecule has 1 heterocycles. The van der Waals surface area contributed by atoms with Crippen LogP contribution >= 0.6 is 12.4 Å². The zero-order valence-corrected chi connectivity index (χ0v) is 9.14. The first-order valence-electron chi connectivity index (χ1n) is 4.86. The molecule has 0 aromatic heterocycles. The van der Waals surface area contributed by atoms with Gasteiger partial charge >= 0.3 is 0 Å². The molecule has 0 unspecified atom stereocenters. The van der Waals surface area contributed by atoms with Crippen LogP contribution in [-0.2, 0) is 0 Å². The van der Waals surface area contributed by atoms with E-state index < -0.39 is 0 Å². The van der Waals surface area contributed by atoms with Crippen LogP contribution in [0.15, 0.2) is 24.3 Å². The lowest BCUT2D eigenvalue weighted by Gasteiger charge is -2.28. The van der Waals surface area contributed by atoms with Gasteiger partial charge in [0.25, 0.3) is 0 Å². The van der Waals surface area contributed by atoms with E-state index in [0.717, 1.165) is 18.9 Å². The molecule has 1 aromatic carbocycles. The number of ether oxygens (including phenoxy) is 1.